The Labute approximate surface area is 157 Å². The lowest BCUT2D eigenvalue weighted by atomic mass is 10.1. The van der Waals surface area contributed by atoms with Crippen molar-refractivity contribution in [3.05, 3.63) is 58.6 Å². The Morgan fingerprint density at radius 3 is 2.23 bits per heavy atom. The number of halogens is 1. The maximum absolute atomic E-state index is 12.0. The first-order valence-electron chi connectivity index (χ1n) is 8.05. The van der Waals surface area contributed by atoms with Crippen molar-refractivity contribution in [2.75, 3.05) is 27.3 Å². The molecule has 0 spiro atoms. The van der Waals surface area contributed by atoms with Crippen LogP contribution in [0.15, 0.2) is 42.5 Å². The molecule has 0 heterocycles. The zero-order valence-corrected chi connectivity index (χ0v) is 15.4. The first kappa shape index (κ1) is 19.6. The summed E-state index contributed by atoms with van der Waals surface area (Å²) in [6.07, 6.45) is 0.214. The molecule has 0 radical (unpaired) electrons. The van der Waals surface area contributed by atoms with E-state index in [9.17, 15) is 9.59 Å². The molecule has 2 rings (SSSR count). The van der Waals surface area contributed by atoms with Crippen LogP contribution < -0.4 is 20.1 Å². The summed E-state index contributed by atoms with van der Waals surface area (Å²) in [6, 6.07) is 11.9. The van der Waals surface area contributed by atoms with Gasteiger partial charge >= 0.3 is 0 Å². The first-order chi connectivity index (χ1) is 12.5. The second-order valence-electron chi connectivity index (χ2n) is 5.48. The van der Waals surface area contributed by atoms with Crippen LogP contribution in [0, 0.1) is 0 Å². The number of nitrogens with one attached hydrogen (secondary N) is 2. The van der Waals surface area contributed by atoms with Gasteiger partial charge in [-0.15, -0.1) is 0 Å². The molecule has 0 saturated heterocycles. The lowest BCUT2D eigenvalue weighted by Crippen LogP contribution is -2.35. The summed E-state index contributed by atoms with van der Waals surface area (Å²) in [5.74, 6) is 0.836. The van der Waals surface area contributed by atoms with E-state index < -0.39 is 0 Å². The number of carbonyl (C=O) groups is 2. The lowest BCUT2D eigenvalue weighted by Gasteiger charge is -2.10. The van der Waals surface area contributed by atoms with Crippen molar-refractivity contribution in [1.82, 2.24) is 10.6 Å². The summed E-state index contributed by atoms with van der Waals surface area (Å²) < 4.78 is 10.4. The summed E-state index contributed by atoms with van der Waals surface area (Å²) in [5.41, 5.74) is 1.33. The second-order valence-corrected chi connectivity index (χ2v) is 5.92. The maximum Gasteiger partial charge on any atom is 0.251 e. The fourth-order valence-corrected chi connectivity index (χ4v) is 2.45. The van der Waals surface area contributed by atoms with Gasteiger partial charge in [-0.3, -0.25) is 9.59 Å². The number of hydrogen-bond acceptors (Lipinski definition) is 4. The van der Waals surface area contributed by atoms with Gasteiger partial charge in [-0.25, -0.2) is 0 Å². The van der Waals surface area contributed by atoms with Crippen LogP contribution in [0.3, 0.4) is 0 Å². The molecular formula is C19H21ClN2O4. The van der Waals surface area contributed by atoms with E-state index in [2.05, 4.69) is 10.6 Å². The Balaban J connectivity index is 1.75. The molecule has 0 aliphatic heterocycles. The van der Waals surface area contributed by atoms with Crippen molar-refractivity contribution >= 4 is 23.4 Å². The molecule has 2 aromatic rings. The fourth-order valence-electron chi connectivity index (χ4n) is 2.32. The highest BCUT2D eigenvalue weighted by Gasteiger charge is 2.09. The molecule has 0 saturated carbocycles. The molecule has 7 heteroatoms. The molecule has 2 aromatic carbocycles. The molecule has 138 valence electrons. The second kappa shape index (κ2) is 9.68. The summed E-state index contributed by atoms with van der Waals surface area (Å²) in [7, 11) is 3.10. The minimum Gasteiger partial charge on any atom is -0.493 e. The standard InChI is InChI=1S/C19H21ClN2O4/c1-25-16-8-3-13(11-17(16)26-2)12-18(23)21-9-10-22-19(24)14-4-6-15(20)7-5-14/h3-8,11H,9-10,12H2,1-2H3,(H,21,23)(H,22,24). The van der Waals surface area contributed by atoms with Crippen LogP contribution in [0.5, 0.6) is 11.5 Å². The van der Waals surface area contributed by atoms with E-state index in [0.717, 1.165) is 5.56 Å². The average molecular weight is 377 g/mol. The van der Waals surface area contributed by atoms with Crippen LogP contribution in [0.1, 0.15) is 15.9 Å². The SMILES string of the molecule is COc1ccc(CC(=O)NCCNC(=O)c2ccc(Cl)cc2)cc1OC. The third-order valence-corrected chi connectivity index (χ3v) is 3.90. The highest BCUT2D eigenvalue weighted by molar-refractivity contribution is 6.30. The predicted molar refractivity (Wildman–Crippen MR) is 100 cm³/mol. The van der Waals surface area contributed by atoms with Gasteiger partial charge in [0.1, 0.15) is 0 Å². The van der Waals surface area contributed by atoms with E-state index in [1.165, 1.54) is 0 Å². The molecule has 0 aliphatic rings. The Kier molecular flexibility index (Phi) is 7.29. The van der Waals surface area contributed by atoms with Crippen LogP contribution in [0.2, 0.25) is 5.02 Å². The van der Waals surface area contributed by atoms with E-state index in [0.29, 0.717) is 35.2 Å². The van der Waals surface area contributed by atoms with Gasteiger partial charge in [0, 0.05) is 23.7 Å². The Hall–Kier alpha value is -2.73. The molecule has 2 N–H and O–H groups in total. The molecule has 6 nitrogen and oxygen atoms in total. The zero-order valence-electron chi connectivity index (χ0n) is 14.7. The summed E-state index contributed by atoms with van der Waals surface area (Å²) in [5, 5.41) is 6.08. The zero-order chi connectivity index (χ0) is 18.9. The van der Waals surface area contributed by atoms with Crippen molar-refractivity contribution in [2.45, 2.75) is 6.42 Å². The van der Waals surface area contributed by atoms with Gasteiger partial charge in [0.2, 0.25) is 5.91 Å². The van der Waals surface area contributed by atoms with Gasteiger partial charge in [-0.2, -0.15) is 0 Å². The van der Waals surface area contributed by atoms with Crippen molar-refractivity contribution in [3.8, 4) is 11.5 Å². The van der Waals surface area contributed by atoms with Gasteiger partial charge in [-0.05, 0) is 42.0 Å². The normalized spacial score (nSPS) is 10.1. The summed E-state index contributed by atoms with van der Waals surface area (Å²) >= 11 is 5.79. The fraction of sp³-hybridized carbons (Fsp3) is 0.263. The van der Waals surface area contributed by atoms with Gasteiger partial charge < -0.3 is 20.1 Å². The van der Waals surface area contributed by atoms with Crippen molar-refractivity contribution in [2.24, 2.45) is 0 Å². The van der Waals surface area contributed by atoms with Crippen LogP contribution in [0.25, 0.3) is 0 Å². The summed E-state index contributed by atoms with van der Waals surface area (Å²) in [4.78, 5) is 23.9. The average Bonchev–Trinajstić information content (AvgIpc) is 2.65. The minimum atomic E-state index is -0.212. The Morgan fingerprint density at radius 1 is 0.923 bits per heavy atom. The molecule has 2 amide bonds. The number of ether oxygens (including phenoxy) is 2. The van der Waals surface area contributed by atoms with Crippen LogP contribution >= 0.6 is 11.6 Å². The highest BCUT2D eigenvalue weighted by Crippen LogP contribution is 2.27. The van der Waals surface area contributed by atoms with E-state index in [-0.39, 0.29) is 18.2 Å². The Morgan fingerprint density at radius 2 is 1.58 bits per heavy atom. The largest absolute Gasteiger partial charge is 0.493 e. The molecule has 0 fully saturated rings. The lowest BCUT2D eigenvalue weighted by molar-refractivity contribution is -0.120. The van der Waals surface area contributed by atoms with Crippen LogP contribution in [-0.2, 0) is 11.2 Å². The van der Waals surface area contributed by atoms with E-state index in [1.807, 2.05) is 6.07 Å². The van der Waals surface area contributed by atoms with Gasteiger partial charge in [0.15, 0.2) is 11.5 Å². The molecule has 0 bridgehead atoms. The van der Waals surface area contributed by atoms with Gasteiger partial charge in [-0.1, -0.05) is 17.7 Å². The smallest absolute Gasteiger partial charge is 0.251 e. The number of methoxy groups -OCH3 is 2. The van der Waals surface area contributed by atoms with Gasteiger partial charge in [0.05, 0.1) is 20.6 Å². The molecule has 0 unspecified atom stereocenters. The van der Waals surface area contributed by atoms with Crippen molar-refractivity contribution < 1.29 is 19.1 Å². The third-order valence-electron chi connectivity index (χ3n) is 3.65. The molecule has 26 heavy (non-hydrogen) atoms. The highest BCUT2D eigenvalue weighted by atomic mass is 35.5. The molecular weight excluding hydrogens is 356 g/mol. The molecule has 0 aromatic heterocycles. The number of rotatable bonds is 8. The summed E-state index contributed by atoms with van der Waals surface area (Å²) in [6.45, 7) is 0.671. The van der Waals surface area contributed by atoms with Crippen molar-refractivity contribution in [1.29, 1.82) is 0 Å². The predicted octanol–water partition coefficient (Wildman–Crippen LogP) is 2.45. The van der Waals surface area contributed by atoms with E-state index >= 15 is 0 Å². The molecule has 0 aliphatic carbocycles. The van der Waals surface area contributed by atoms with E-state index in [1.54, 1.807) is 50.6 Å². The van der Waals surface area contributed by atoms with E-state index in [4.69, 9.17) is 21.1 Å². The maximum atomic E-state index is 12.0. The number of amides is 2. The molecule has 0 atom stereocenters. The topological polar surface area (TPSA) is 76.7 Å². The first-order valence-corrected chi connectivity index (χ1v) is 8.42. The van der Waals surface area contributed by atoms with Gasteiger partial charge in [0.25, 0.3) is 5.91 Å². The number of hydrogen-bond donors (Lipinski definition) is 2. The number of carbonyl (C=O) groups excluding carboxylic acids is 2. The third kappa shape index (κ3) is 5.67. The van der Waals surface area contributed by atoms with Crippen molar-refractivity contribution in [3.63, 3.8) is 0 Å². The van der Waals surface area contributed by atoms with Crippen LogP contribution in [0.4, 0.5) is 0 Å². The minimum absolute atomic E-state index is 0.141. The monoisotopic (exact) mass is 376 g/mol. The Bertz CT molecular complexity index is 763. The number of benzene rings is 2. The quantitative estimate of drug-likeness (QED) is 0.694. The van der Waals surface area contributed by atoms with Crippen LogP contribution in [-0.4, -0.2) is 39.1 Å².